The average Bonchev–Trinajstić information content (AvgIpc) is 2.83. The second-order valence-electron chi connectivity index (χ2n) is 6.06. The van der Waals surface area contributed by atoms with Crippen molar-refractivity contribution in [2.75, 3.05) is 13.1 Å². The summed E-state index contributed by atoms with van der Waals surface area (Å²) in [5.74, 6) is -2.34. The van der Waals surface area contributed by atoms with Crippen molar-refractivity contribution in [1.82, 2.24) is 10.2 Å². The summed E-state index contributed by atoms with van der Waals surface area (Å²) in [6, 6.07) is 6.00. The van der Waals surface area contributed by atoms with E-state index in [1.165, 1.54) is 10.5 Å². The molecule has 1 heterocycles. The van der Waals surface area contributed by atoms with Gasteiger partial charge >= 0.3 is 0 Å². The van der Waals surface area contributed by atoms with Gasteiger partial charge in [0.05, 0.1) is 6.04 Å². The van der Waals surface area contributed by atoms with Crippen LogP contribution in [0, 0.1) is 5.92 Å². The minimum Gasteiger partial charge on any atom is -0.349 e. The van der Waals surface area contributed by atoms with E-state index in [1.807, 2.05) is 12.1 Å². The number of amides is 2. The number of ketones is 1. The molecule has 0 aromatic heterocycles. The van der Waals surface area contributed by atoms with E-state index >= 15 is 0 Å². The molecule has 1 aromatic carbocycles. The summed E-state index contributed by atoms with van der Waals surface area (Å²) in [7, 11) is 0. The molecule has 0 spiro atoms. The minimum absolute atomic E-state index is 0.0951. The highest BCUT2D eigenvalue weighted by Gasteiger charge is 2.43. The number of fused-ring (bicyclic) bond motifs is 1. The first kappa shape index (κ1) is 16.2. The van der Waals surface area contributed by atoms with Gasteiger partial charge in [-0.3, -0.25) is 14.4 Å². The Balaban J connectivity index is 1.76. The number of nitrogens with one attached hydrogen (secondary N) is 1. The second kappa shape index (κ2) is 6.43. The van der Waals surface area contributed by atoms with Gasteiger partial charge in [0.2, 0.25) is 11.7 Å². The zero-order valence-electron chi connectivity index (χ0n) is 13.0. The van der Waals surface area contributed by atoms with Crippen LogP contribution in [0.25, 0.3) is 0 Å². The van der Waals surface area contributed by atoms with Crippen LogP contribution in [0.1, 0.15) is 36.9 Å². The van der Waals surface area contributed by atoms with Crippen LogP contribution in [-0.4, -0.2) is 35.6 Å². The molecular weight excluding hydrogens is 360 g/mol. The Kier molecular flexibility index (Phi) is 4.53. The van der Waals surface area contributed by atoms with Crippen LogP contribution in [0.5, 0.6) is 0 Å². The number of likely N-dealkylation sites (tertiary alicyclic amines) is 1. The van der Waals surface area contributed by atoms with Gasteiger partial charge in [-0.2, -0.15) is 0 Å². The first-order chi connectivity index (χ1) is 11.0. The highest BCUT2D eigenvalue weighted by atomic mass is 79.9. The molecule has 3 rings (SSSR count). The molecule has 2 unspecified atom stereocenters. The van der Waals surface area contributed by atoms with Crippen LogP contribution in [0.3, 0.4) is 0 Å². The number of rotatable bonds is 3. The maximum Gasteiger partial charge on any atom is 0.290 e. The molecule has 1 saturated heterocycles. The van der Waals surface area contributed by atoms with Crippen molar-refractivity contribution in [3.63, 3.8) is 0 Å². The molecule has 1 aliphatic carbocycles. The van der Waals surface area contributed by atoms with Gasteiger partial charge in [-0.25, -0.2) is 0 Å². The van der Waals surface area contributed by atoms with Crippen LogP contribution in [0.4, 0.5) is 0 Å². The van der Waals surface area contributed by atoms with Gasteiger partial charge in [0, 0.05) is 17.6 Å². The Morgan fingerprint density at radius 2 is 2.17 bits per heavy atom. The topological polar surface area (TPSA) is 66.5 Å². The first-order valence-corrected chi connectivity index (χ1v) is 8.72. The molecule has 5 nitrogen and oxygen atoms in total. The zero-order chi connectivity index (χ0) is 16.6. The first-order valence-electron chi connectivity index (χ1n) is 7.93. The SMILES string of the molecule is CCN1CC(C(=O)NC2CCCc3ccc(Br)cc32)C(=O)C1=O. The summed E-state index contributed by atoms with van der Waals surface area (Å²) in [6.45, 7) is 2.45. The van der Waals surface area contributed by atoms with Gasteiger partial charge in [0.25, 0.3) is 5.91 Å². The minimum atomic E-state index is -0.875. The normalized spacial score (nSPS) is 23.8. The number of halogens is 1. The Hall–Kier alpha value is -1.69. The Morgan fingerprint density at radius 3 is 2.87 bits per heavy atom. The number of benzene rings is 1. The Bertz CT molecular complexity index is 674. The molecule has 2 amide bonds. The lowest BCUT2D eigenvalue weighted by Crippen LogP contribution is -2.39. The van der Waals surface area contributed by atoms with Gasteiger partial charge in [0.1, 0.15) is 5.92 Å². The maximum atomic E-state index is 12.5. The van der Waals surface area contributed by atoms with E-state index in [0.29, 0.717) is 6.54 Å². The third-order valence-corrected chi connectivity index (χ3v) is 5.15. The monoisotopic (exact) mass is 378 g/mol. The molecule has 1 aliphatic heterocycles. The molecule has 1 N–H and O–H groups in total. The number of likely N-dealkylation sites (N-methyl/N-ethyl adjacent to an activating group) is 1. The maximum absolute atomic E-state index is 12.5. The fourth-order valence-corrected chi connectivity index (χ4v) is 3.74. The zero-order valence-corrected chi connectivity index (χ0v) is 14.6. The summed E-state index contributed by atoms with van der Waals surface area (Å²) < 4.78 is 0.974. The van der Waals surface area contributed by atoms with Gasteiger partial charge < -0.3 is 10.2 Å². The van der Waals surface area contributed by atoms with Gasteiger partial charge in [-0.1, -0.05) is 22.0 Å². The molecule has 122 valence electrons. The summed E-state index contributed by atoms with van der Waals surface area (Å²) in [5, 5.41) is 2.98. The molecule has 0 saturated carbocycles. The number of Topliss-reactive ketones (excluding diaryl/α,β-unsaturated/α-hetero) is 1. The van der Waals surface area contributed by atoms with E-state index in [-0.39, 0.29) is 18.5 Å². The van der Waals surface area contributed by atoms with E-state index in [0.717, 1.165) is 29.3 Å². The number of aryl methyl sites for hydroxylation is 1. The van der Waals surface area contributed by atoms with Crippen molar-refractivity contribution in [1.29, 1.82) is 0 Å². The van der Waals surface area contributed by atoms with Crippen molar-refractivity contribution in [3.8, 4) is 0 Å². The summed E-state index contributed by atoms with van der Waals surface area (Å²) in [4.78, 5) is 37.7. The second-order valence-corrected chi connectivity index (χ2v) is 6.97. The number of hydrogen-bond donors (Lipinski definition) is 1. The summed E-state index contributed by atoms with van der Waals surface area (Å²) >= 11 is 3.47. The molecule has 2 aliphatic rings. The number of hydrogen-bond acceptors (Lipinski definition) is 3. The van der Waals surface area contributed by atoms with Crippen molar-refractivity contribution in [2.45, 2.75) is 32.2 Å². The van der Waals surface area contributed by atoms with Gasteiger partial charge in [-0.15, -0.1) is 0 Å². The van der Waals surface area contributed by atoms with Crippen LogP contribution < -0.4 is 5.32 Å². The number of carbonyl (C=O) groups excluding carboxylic acids is 3. The Labute approximate surface area is 143 Å². The van der Waals surface area contributed by atoms with Gasteiger partial charge in [-0.05, 0) is 49.4 Å². The standard InChI is InChI=1S/C17H19BrN2O3/c1-2-20-9-13(15(21)17(20)23)16(22)19-14-5-3-4-10-6-7-11(18)8-12(10)14/h6-8,13-14H,2-5,9H2,1H3,(H,19,22). The summed E-state index contributed by atoms with van der Waals surface area (Å²) in [6.07, 6.45) is 2.85. The predicted octanol–water partition coefficient (Wildman–Crippen LogP) is 1.99. The molecule has 0 bridgehead atoms. The number of carbonyl (C=O) groups is 3. The fourth-order valence-electron chi connectivity index (χ4n) is 3.36. The third kappa shape index (κ3) is 3.04. The lowest BCUT2D eigenvalue weighted by molar-refractivity contribution is -0.142. The van der Waals surface area contributed by atoms with E-state index in [1.54, 1.807) is 6.92 Å². The molecule has 1 aromatic rings. The third-order valence-electron chi connectivity index (χ3n) is 4.65. The molecular formula is C17H19BrN2O3. The van der Waals surface area contributed by atoms with E-state index in [4.69, 9.17) is 0 Å². The van der Waals surface area contributed by atoms with Crippen molar-refractivity contribution in [3.05, 3.63) is 33.8 Å². The summed E-state index contributed by atoms with van der Waals surface area (Å²) in [5.41, 5.74) is 2.33. The van der Waals surface area contributed by atoms with Crippen LogP contribution in [0.2, 0.25) is 0 Å². The van der Waals surface area contributed by atoms with Crippen LogP contribution in [-0.2, 0) is 20.8 Å². The predicted molar refractivity (Wildman–Crippen MR) is 88.7 cm³/mol. The average molecular weight is 379 g/mol. The fraction of sp³-hybridized carbons (Fsp3) is 0.471. The lowest BCUT2D eigenvalue weighted by atomic mass is 9.87. The largest absolute Gasteiger partial charge is 0.349 e. The Morgan fingerprint density at radius 1 is 1.39 bits per heavy atom. The smallest absolute Gasteiger partial charge is 0.290 e. The van der Waals surface area contributed by atoms with Gasteiger partial charge in [0.15, 0.2) is 0 Å². The quantitative estimate of drug-likeness (QED) is 0.645. The highest BCUT2D eigenvalue weighted by Crippen LogP contribution is 2.32. The van der Waals surface area contributed by atoms with Crippen LogP contribution >= 0.6 is 15.9 Å². The number of nitrogens with zero attached hydrogens (tertiary/aromatic N) is 1. The molecule has 2 atom stereocenters. The molecule has 6 heteroatoms. The molecule has 0 radical (unpaired) electrons. The molecule has 1 fully saturated rings. The highest BCUT2D eigenvalue weighted by molar-refractivity contribution is 9.10. The van der Waals surface area contributed by atoms with Crippen LogP contribution in [0.15, 0.2) is 22.7 Å². The van der Waals surface area contributed by atoms with Crippen molar-refractivity contribution < 1.29 is 14.4 Å². The van der Waals surface area contributed by atoms with E-state index in [9.17, 15) is 14.4 Å². The van der Waals surface area contributed by atoms with Crippen molar-refractivity contribution >= 4 is 33.5 Å². The van der Waals surface area contributed by atoms with Crippen molar-refractivity contribution in [2.24, 2.45) is 5.92 Å². The van der Waals surface area contributed by atoms with E-state index in [2.05, 4.69) is 27.3 Å². The molecule has 23 heavy (non-hydrogen) atoms. The van der Waals surface area contributed by atoms with E-state index < -0.39 is 17.6 Å². The lowest BCUT2D eigenvalue weighted by Gasteiger charge is -2.27.